The summed E-state index contributed by atoms with van der Waals surface area (Å²) in [6.07, 6.45) is 1.49. The first-order valence-corrected chi connectivity index (χ1v) is 11.2. The van der Waals surface area contributed by atoms with Crippen molar-refractivity contribution >= 4 is 16.8 Å². The van der Waals surface area contributed by atoms with Crippen LogP contribution < -0.4 is 18.9 Å². The lowest BCUT2D eigenvalue weighted by atomic mass is 10.0. The molecular weight excluding hydrogens is 448 g/mol. The first kappa shape index (κ1) is 22.6. The van der Waals surface area contributed by atoms with E-state index < -0.39 is 0 Å². The van der Waals surface area contributed by atoms with Gasteiger partial charge in [0.25, 0.3) is 5.91 Å². The Balaban J connectivity index is 1.59. The molecule has 8 nitrogen and oxygen atoms in total. The maximum atomic E-state index is 12.9. The lowest BCUT2D eigenvalue weighted by molar-refractivity contribution is 0.0701. The number of benzene rings is 2. The van der Waals surface area contributed by atoms with E-state index in [4.69, 9.17) is 28.3 Å². The maximum Gasteiger partial charge on any atom is 0.289 e. The van der Waals surface area contributed by atoms with E-state index in [0.29, 0.717) is 48.5 Å². The fourth-order valence-corrected chi connectivity index (χ4v) is 4.38. The van der Waals surface area contributed by atoms with Gasteiger partial charge in [0.1, 0.15) is 6.61 Å². The Bertz CT molecular complexity index is 1400. The Morgan fingerprint density at radius 2 is 1.77 bits per heavy atom. The number of aromatic nitrogens is 1. The Morgan fingerprint density at radius 3 is 2.49 bits per heavy atom. The predicted molar refractivity (Wildman–Crippen MR) is 131 cm³/mol. The Labute approximate surface area is 203 Å². The molecule has 0 fully saturated rings. The van der Waals surface area contributed by atoms with Gasteiger partial charge in [-0.05, 0) is 48.9 Å². The quantitative estimate of drug-likeness (QED) is 0.408. The van der Waals surface area contributed by atoms with E-state index in [-0.39, 0.29) is 5.91 Å². The molecule has 1 amide bonds. The third-order valence-corrected chi connectivity index (χ3v) is 6.16. The number of rotatable bonds is 5. The van der Waals surface area contributed by atoms with Crippen LogP contribution in [0.5, 0.6) is 23.0 Å². The molecule has 35 heavy (non-hydrogen) atoms. The molecule has 0 bridgehead atoms. The molecule has 0 N–H and O–H groups in total. The third kappa shape index (κ3) is 4.12. The molecule has 8 heteroatoms. The van der Waals surface area contributed by atoms with Gasteiger partial charge in [0.2, 0.25) is 0 Å². The summed E-state index contributed by atoms with van der Waals surface area (Å²) in [5.41, 5.74) is 4.31. The minimum absolute atomic E-state index is 0.184. The van der Waals surface area contributed by atoms with Gasteiger partial charge in [-0.1, -0.05) is 0 Å². The van der Waals surface area contributed by atoms with Gasteiger partial charge in [0, 0.05) is 22.6 Å². The smallest absolute Gasteiger partial charge is 0.289 e. The molecule has 0 atom stereocenters. The number of methoxy groups -OCH3 is 3. The molecule has 0 aliphatic carbocycles. The second-order valence-corrected chi connectivity index (χ2v) is 8.27. The number of fused-ring (bicyclic) bond motifs is 2. The van der Waals surface area contributed by atoms with Crippen molar-refractivity contribution in [2.45, 2.75) is 13.5 Å². The number of pyridine rings is 1. The van der Waals surface area contributed by atoms with Crippen LogP contribution >= 0.6 is 0 Å². The lowest BCUT2D eigenvalue weighted by Gasteiger charge is -2.19. The maximum absolute atomic E-state index is 12.9. The van der Waals surface area contributed by atoms with E-state index in [1.165, 1.54) is 6.26 Å². The normalized spacial score (nSPS) is 13.1. The fourth-order valence-electron chi connectivity index (χ4n) is 4.38. The van der Waals surface area contributed by atoms with E-state index in [1.807, 2.05) is 37.3 Å². The summed E-state index contributed by atoms with van der Waals surface area (Å²) in [6, 6.07) is 13.1. The number of ether oxygens (including phenoxy) is 4. The predicted octanol–water partition coefficient (Wildman–Crippen LogP) is 4.86. The molecule has 0 radical (unpaired) electrons. The second-order valence-electron chi connectivity index (χ2n) is 8.27. The van der Waals surface area contributed by atoms with Gasteiger partial charge in [0.05, 0.1) is 51.9 Å². The van der Waals surface area contributed by atoms with Gasteiger partial charge in [-0.2, -0.15) is 0 Å². The zero-order valence-corrected chi connectivity index (χ0v) is 20.1. The van der Waals surface area contributed by atoms with Gasteiger partial charge in [-0.25, -0.2) is 4.98 Å². The van der Waals surface area contributed by atoms with Crippen molar-refractivity contribution in [1.82, 2.24) is 9.88 Å². The summed E-state index contributed by atoms with van der Waals surface area (Å²) < 4.78 is 27.9. The van der Waals surface area contributed by atoms with Gasteiger partial charge < -0.3 is 28.3 Å². The van der Waals surface area contributed by atoms with Crippen LogP contribution in [0.25, 0.3) is 22.2 Å². The van der Waals surface area contributed by atoms with Crippen molar-refractivity contribution in [2.75, 3.05) is 34.5 Å². The fraction of sp³-hybridized carbons (Fsp3) is 0.259. The number of furan rings is 1. The van der Waals surface area contributed by atoms with Crippen molar-refractivity contribution in [1.29, 1.82) is 0 Å². The zero-order valence-electron chi connectivity index (χ0n) is 20.1. The number of amides is 1. The summed E-state index contributed by atoms with van der Waals surface area (Å²) in [7, 11) is 4.83. The molecule has 0 unspecified atom stereocenters. The number of hydrogen-bond donors (Lipinski definition) is 0. The zero-order chi connectivity index (χ0) is 24.5. The van der Waals surface area contributed by atoms with E-state index in [0.717, 1.165) is 33.3 Å². The molecule has 2 aromatic carbocycles. The summed E-state index contributed by atoms with van der Waals surface area (Å²) in [6.45, 7) is 3.18. The van der Waals surface area contributed by atoms with Crippen molar-refractivity contribution in [2.24, 2.45) is 0 Å². The molecule has 5 rings (SSSR count). The highest BCUT2D eigenvalue weighted by atomic mass is 16.5. The van der Waals surface area contributed by atoms with E-state index in [9.17, 15) is 4.79 Å². The number of nitrogens with zero attached hydrogens (tertiary/aromatic N) is 2. The Kier molecular flexibility index (Phi) is 5.94. The van der Waals surface area contributed by atoms with Gasteiger partial charge >= 0.3 is 0 Å². The van der Waals surface area contributed by atoms with Crippen LogP contribution in [-0.4, -0.2) is 50.3 Å². The molecule has 180 valence electrons. The lowest BCUT2D eigenvalue weighted by Crippen LogP contribution is -2.32. The average Bonchev–Trinajstić information content (AvgIpc) is 3.33. The van der Waals surface area contributed by atoms with Crippen molar-refractivity contribution < 1.29 is 28.2 Å². The molecule has 0 spiro atoms. The van der Waals surface area contributed by atoms with Crippen LogP contribution in [0, 0.1) is 6.92 Å². The third-order valence-electron chi connectivity index (χ3n) is 6.16. The number of hydrogen-bond acceptors (Lipinski definition) is 7. The van der Waals surface area contributed by atoms with E-state index >= 15 is 0 Å². The topological polar surface area (TPSA) is 83.3 Å². The van der Waals surface area contributed by atoms with Gasteiger partial charge in [-0.3, -0.25) is 4.79 Å². The van der Waals surface area contributed by atoms with Crippen LogP contribution in [-0.2, 0) is 6.54 Å². The van der Waals surface area contributed by atoms with Crippen LogP contribution in [0.3, 0.4) is 0 Å². The first-order chi connectivity index (χ1) is 17.0. The largest absolute Gasteiger partial charge is 0.493 e. The highest BCUT2D eigenvalue weighted by Crippen LogP contribution is 2.40. The summed E-state index contributed by atoms with van der Waals surface area (Å²) in [5, 5.41) is 0.978. The van der Waals surface area contributed by atoms with Crippen LogP contribution in [0.2, 0.25) is 0 Å². The van der Waals surface area contributed by atoms with Gasteiger partial charge in [0.15, 0.2) is 28.8 Å². The second kappa shape index (κ2) is 9.21. The van der Waals surface area contributed by atoms with Crippen molar-refractivity contribution in [3.05, 3.63) is 65.6 Å². The minimum Gasteiger partial charge on any atom is -0.493 e. The molecule has 3 heterocycles. The molecule has 0 saturated carbocycles. The SMILES string of the molecule is COc1cc2nc(-c3cc4c(c(OC)c3)OCCN(C(=O)c3ccco3)C4)cc(C)c2cc1OC. The standard InChI is InChI=1S/C27H26N2O6/c1-16-10-20(28-21-14-24(32-3)23(31-2)13-19(16)21)17-11-18-15-29(27(30)22-6-5-8-34-22)7-9-35-26(18)25(12-17)33-4/h5-6,8,10-14H,7,9,15H2,1-4H3. The van der Waals surface area contributed by atoms with Crippen molar-refractivity contribution in [3.8, 4) is 34.3 Å². The highest BCUT2D eigenvalue weighted by molar-refractivity contribution is 5.91. The van der Waals surface area contributed by atoms with Crippen LogP contribution in [0.1, 0.15) is 21.7 Å². The summed E-state index contributed by atoms with van der Waals surface area (Å²) in [5.74, 6) is 2.61. The minimum atomic E-state index is -0.184. The Hall–Kier alpha value is -4.20. The average molecular weight is 475 g/mol. The molecule has 1 aliphatic heterocycles. The van der Waals surface area contributed by atoms with Crippen molar-refractivity contribution in [3.63, 3.8) is 0 Å². The highest BCUT2D eigenvalue weighted by Gasteiger charge is 2.26. The van der Waals surface area contributed by atoms with E-state index in [2.05, 4.69) is 0 Å². The molecule has 1 aliphatic rings. The van der Waals surface area contributed by atoms with Crippen LogP contribution in [0.4, 0.5) is 0 Å². The molecule has 0 saturated heterocycles. The molecular formula is C27H26N2O6. The molecule has 4 aromatic rings. The number of carbonyl (C=O) groups excluding carboxylic acids is 1. The Morgan fingerprint density at radius 1 is 1.00 bits per heavy atom. The van der Waals surface area contributed by atoms with Crippen LogP contribution in [0.15, 0.2) is 53.1 Å². The van der Waals surface area contributed by atoms with Gasteiger partial charge in [-0.15, -0.1) is 0 Å². The monoisotopic (exact) mass is 474 g/mol. The summed E-state index contributed by atoms with van der Waals surface area (Å²) in [4.78, 5) is 19.6. The first-order valence-electron chi connectivity index (χ1n) is 11.2. The molecule has 2 aromatic heterocycles. The summed E-state index contributed by atoms with van der Waals surface area (Å²) >= 11 is 0. The number of carbonyl (C=O) groups is 1. The number of aryl methyl sites for hydroxylation is 1. The van der Waals surface area contributed by atoms with E-state index in [1.54, 1.807) is 38.4 Å².